The number of carbonyl (C=O) groups excluding carboxylic acids is 1. The Hall–Kier alpha value is -2.64. The van der Waals surface area contributed by atoms with Crippen LogP contribution in [-0.2, 0) is 4.79 Å². The smallest absolute Gasteiger partial charge is 0.335 e. The molecule has 0 fully saturated rings. The molecule has 0 unspecified atom stereocenters. The van der Waals surface area contributed by atoms with Crippen LogP contribution in [0.25, 0.3) is 0 Å². The Balaban J connectivity index is 2.87. The second kappa shape index (κ2) is 6.50. The highest BCUT2D eigenvalue weighted by Gasteiger charge is 2.19. The Morgan fingerprint density at radius 3 is 2.60 bits per heavy atom. The normalized spacial score (nSPS) is 10.2. The molecule has 1 aromatic carbocycles. The molecule has 0 saturated carbocycles. The summed E-state index contributed by atoms with van der Waals surface area (Å²) in [6.07, 6.45) is 0. The van der Waals surface area contributed by atoms with E-state index in [0.29, 0.717) is 0 Å². The van der Waals surface area contributed by atoms with Crippen molar-refractivity contribution < 1.29 is 24.4 Å². The number of nitro groups is 1. The van der Waals surface area contributed by atoms with Crippen molar-refractivity contribution in [3.8, 4) is 5.75 Å². The fourth-order valence-electron chi connectivity index (χ4n) is 1.42. The Morgan fingerprint density at radius 2 is 2.10 bits per heavy atom. The van der Waals surface area contributed by atoms with Crippen LogP contribution >= 0.6 is 0 Å². The lowest BCUT2D eigenvalue weighted by Gasteiger charge is -2.10. The third-order valence-electron chi connectivity index (χ3n) is 2.21. The molecular weight excluding hydrogens is 268 g/mol. The number of nitrogens with one attached hydrogen (secondary N) is 1. The van der Waals surface area contributed by atoms with Gasteiger partial charge >= 0.3 is 11.7 Å². The minimum Gasteiger partial charge on any atom is -0.478 e. The van der Waals surface area contributed by atoms with Crippen molar-refractivity contribution in [1.82, 2.24) is 5.32 Å². The highest BCUT2D eigenvalue weighted by atomic mass is 16.6. The number of carboxylic acids is 1. The summed E-state index contributed by atoms with van der Waals surface area (Å²) in [6, 6.07) is 3.14. The number of aromatic carboxylic acids is 1. The van der Waals surface area contributed by atoms with E-state index >= 15 is 0 Å². The minimum atomic E-state index is -1.28. The summed E-state index contributed by atoms with van der Waals surface area (Å²) in [6.45, 7) is 3.15. The number of carbonyl (C=O) groups is 2. The number of hydrogen-bond donors (Lipinski definition) is 2. The van der Waals surface area contributed by atoms with Gasteiger partial charge < -0.3 is 15.2 Å². The van der Waals surface area contributed by atoms with E-state index in [4.69, 9.17) is 9.84 Å². The number of ether oxygens (including phenoxy) is 1. The third-order valence-corrected chi connectivity index (χ3v) is 2.21. The summed E-state index contributed by atoms with van der Waals surface area (Å²) in [4.78, 5) is 32.2. The first kappa shape index (κ1) is 15.4. The number of amides is 1. The number of rotatable bonds is 6. The van der Waals surface area contributed by atoms with Gasteiger partial charge in [-0.25, -0.2) is 4.79 Å². The van der Waals surface area contributed by atoms with Gasteiger partial charge in [-0.1, -0.05) is 0 Å². The van der Waals surface area contributed by atoms with E-state index in [0.717, 1.165) is 12.1 Å². The van der Waals surface area contributed by atoms with Gasteiger partial charge in [0.25, 0.3) is 5.91 Å². The summed E-state index contributed by atoms with van der Waals surface area (Å²) in [5, 5.41) is 22.2. The molecule has 8 nitrogen and oxygen atoms in total. The SMILES string of the molecule is CC(C)NC(=O)COc1ccc(C(=O)O)cc1[N+](=O)[O-]. The van der Waals surface area contributed by atoms with Crippen LogP contribution in [0, 0.1) is 10.1 Å². The van der Waals surface area contributed by atoms with Crippen LogP contribution in [0.5, 0.6) is 5.75 Å². The highest BCUT2D eigenvalue weighted by molar-refractivity contribution is 5.89. The zero-order valence-electron chi connectivity index (χ0n) is 11.0. The number of nitro benzene ring substituents is 1. The minimum absolute atomic E-state index is 0.0736. The van der Waals surface area contributed by atoms with E-state index in [9.17, 15) is 19.7 Å². The molecule has 0 atom stereocenters. The largest absolute Gasteiger partial charge is 0.478 e. The monoisotopic (exact) mass is 282 g/mol. The van der Waals surface area contributed by atoms with Crippen molar-refractivity contribution in [3.05, 3.63) is 33.9 Å². The molecule has 1 rings (SSSR count). The Morgan fingerprint density at radius 1 is 1.45 bits per heavy atom. The van der Waals surface area contributed by atoms with E-state index in [1.807, 2.05) is 0 Å². The third kappa shape index (κ3) is 4.23. The standard InChI is InChI=1S/C12H14N2O6/c1-7(2)13-11(15)6-20-10-4-3-8(12(16)17)5-9(10)14(18)19/h3-5,7H,6H2,1-2H3,(H,13,15)(H,16,17). The maximum absolute atomic E-state index is 11.4. The van der Waals surface area contributed by atoms with E-state index in [2.05, 4.69) is 5.32 Å². The lowest BCUT2D eigenvalue weighted by molar-refractivity contribution is -0.385. The first-order chi connectivity index (χ1) is 9.31. The topological polar surface area (TPSA) is 119 Å². The van der Waals surface area contributed by atoms with Gasteiger partial charge in [0.15, 0.2) is 12.4 Å². The molecule has 0 radical (unpaired) electrons. The molecule has 0 aliphatic carbocycles. The maximum Gasteiger partial charge on any atom is 0.335 e. The molecule has 108 valence electrons. The molecule has 0 bridgehead atoms. The molecular formula is C12H14N2O6. The average molecular weight is 282 g/mol. The van der Waals surface area contributed by atoms with E-state index in [-0.39, 0.29) is 24.0 Å². The molecule has 0 spiro atoms. The highest BCUT2D eigenvalue weighted by Crippen LogP contribution is 2.27. The number of nitrogens with zero attached hydrogens (tertiary/aromatic N) is 1. The van der Waals surface area contributed by atoms with Crippen LogP contribution in [0.2, 0.25) is 0 Å². The average Bonchev–Trinajstić information content (AvgIpc) is 2.35. The lowest BCUT2D eigenvalue weighted by Crippen LogP contribution is -2.34. The van der Waals surface area contributed by atoms with Crippen LogP contribution in [0.4, 0.5) is 5.69 Å². The number of carboxylic acid groups (broad SMARTS) is 1. The molecule has 0 aliphatic heterocycles. The summed E-state index contributed by atoms with van der Waals surface area (Å²) in [7, 11) is 0. The fraction of sp³-hybridized carbons (Fsp3) is 0.333. The van der Waals surface area contributed by atoms with E-state index < -0.39 is 22.5 Å². The molecule has 2 N–H and O–H groups in total. The Kier molecular flexibility index (Phi) is 5.01. The van der Waals surface area contributed by atoms with Gasteiger partial charge in [0.2, 0.25) is 0 Å². The Bertz CT molecular complexity index is 541. The van der Waals surface area contributed by atoms with Crippen molar-refractivity contribution >= 4 is 17.6 Å². The van der Waals surface area contributed by atoms with Crippen LogP contribution in [0.15, 0.2) is 18.2 Å². The van der Waals surface area contributed by atoms with Gasteiger partial charge in [-0.3, -0.25) is 14.9 Å². The first-order valence-corrected chi connectivity index (χ1v) is 5.75. The second-order valence-electron chi connectivity index (χ2n) is 4.26. The zero-order valence-corrected chi connectivity index (χ0v) is 11.0. The van der Waals surface area contributed by atoms with Crippen LogP contribution < -0.4 is 10.1 Å². The molecule has 0 aromatic heterocycles. The van der Waals surface area contributed by atoms with Gasteiger partial charge in [-0.2, -0.15) is 0 Å². The van der Waals surface area contributed by atoms with Crippen molar-refractivity contribution in [1.29, 1.82) is 0 Å². The zero-order chi connectivity index (χ0) is 15.3. The summed E-state index contributed by atoms with van der Waals surface area (Å²) in [5.41, 5.74) is -0.724. The van der Waals surface area contributed by atoms with Gasteiger partial charge in [-0.15, -0.1) is 0 Å². The van der Waals surface area contributed by atoms with E-state index in [1.165, 1.54) is 6.07 Å². The Labute approximate surface area is 114 Å². The van der Waals surface area contributed by atoms with Gasteiger partial charge in [-0.05, 0) is 26.0 Å². The van der Waals surface area contributed by atoms with E-state index in [1.54, 1.807) is 13.8 Å². The summed E-state index contributed by atoms with van der Waals surface area (Å²) >= 11 is 0. The van der Waals surface area contributed by atoms with Crippen LogP contribution in [0.1, 0.15) is 24.2 Å². The second-order valence-corrected chi connectivity index (χ2v) is 4.26. The molecule has 1 amide bonds. The van der Waals surface area contributed by atoms with Crippen LogP contribution in [-0.4, -0.2) is 34.6 Å². The molecule has 0 aliphatic rings. The molecule has 0 heterocycles. The predicted molar refractivity (Wildman–Crippen MR) is 68.8 cm³/mol. The first-order valence-electron chi connectivity index (χ1n) is 5.75. The van der Waals surface area contributed by atoms with Gasteiger partial charge in [0, 0.05) is 12.1 Å². The van der Waals surface area contributed by atoms with Crippen molar-refractivity contribution in [2.45, 2.75) is 19.9 Å². The maximum atomic E-state index is 11.4. The quantitative estimate of drug-likeness (QED) is 0.597. The molecule has 20 heavy (non-hydrogen) atoms. The lowest BCUT2D eigenvalue weighted by atomic mass is 10.2. The van der Waals surface area contributed by atoms with Crippen molar-refractivity contribution in [2.24, 2.45) is 0 Å². The summed E-state index contributed by atoms with van der Waals surface area (Å²) < 4.78 is 5.05. The predicted octanol–water partition coefficient (Wildman–Crippen LogP) is 1.20. The fourth-order valence-corrected chi connectivity index (χ4v) is 1.42. The van der Waals surface area contributed by atoms with Crippen LogP contribution in [0.3, 0.4) is 0 Å². The molecule has 0 saturated heterocycles. The molecule has 8 heteroatoms. The van der Waals surface area contributed by atoms with Crippen molar-refractivity contribution in [2.75, 3.05) is 6.61 Å². The van der Waals surface area contributed by atoms with Gasteiger partial charge in [0.1, 0.15) is 0 Å². The molecule has 1 aromatic rings. The van der Waals surface area contributed by atoms with Gasteiger partial charge in [0.05, 0.1) is 10.5 Å². The number of benzene rings is 1. The number of hydrogen-bond acceptors (Lipinski definition) is 5. The summed E-state index contributed by atoms with van der Waals surface area (Å²) in [5.74, 6) is -1.85. The van der Waals surface area contributed by atoms with Crippen molar-refractivity contribution in [3.63, 3.8) is 0 Å².